The zero-order chi connectivity index (χ0) is 16.0. The molecule has 0 aromatic heterocycles. The number of halogens is 6. The van der Waals surface area contributed by atoms with E-state index >= 15 is 0 Å². The van der Waals surface area contributed by atoms with E-state index in [0.717, 1.165) is 6.07 Å². The molecule has 0 bridgehead atoms. The maximum absolute atomic E-state index is 13.2. The van der Waals surface area contributed by atoms with Crippen LogP contribution in [0.1, 0.15) is 36.8 Å². The van der Waals surface area contributed by atoms with Gasteiger partial charge in [0.05, 0.1) is 18.1 Å². The van der Waals surface area contributed by atoms with Gasteiger partial charge in [-0.1, -0.05) is 22.0 Å². The van der Waals surface area contributed by atoms with E-state index in [1.807, 2.05) is 0 Å². The van der Waals surface area contributed by atoms with Gasteiger partial charge < -0.3 is 4.74 Å². The van der Waals surface area contributed by atoms with E-state index in [-0.39, 0.29) is 30.5 Å². The van der Waals surface area contributed by atoms with Crippen molar-refractivity contribution in [3.05, 3.63) is 33.8 Å². The van der Waals surface area contributed by atoms with Crippen LogP contribution in [-0.4, -0.2) is 18.4 Å². The molecule has 0 radical (unpaired) electrons. The number of alkyl halides is 4. The van der Waals surface area contributed by atoms with Crippen LogP contribution in [0.2, 0.25) is 0 Å². The average molecular weight is 423 g/mol. The number of nitrogens with one attached hydrogen (secondary N) is 1. The van der Waals surface area contributed by atoms with Crippen molar-refractivity contribution in [1.29, 1.82) is 5.41 Å². The first-order valence-electron chi connectivity index (χ1n) is 6.45. The molecule has 0 aliphatic heterocycles. The largest absolute Gasteiger partial charge is 0.481 e. The predicted octanol–water partition coefficient (Wildman–Crippen LogP) is 6.01. The molecular weight excluding hydrogens is 406 g/mol. The van der Waals surface area contributed by atoms with Crippen LogP contribution in [0.5, 0.6) is 0 Å². The van der Waals surface area contributed by atoms with Gasteiger partial charge >= 0.3 is 6.18 Å². The molecule has 1 unspecified atom stereocenters. The lowest BCUT2D eigenvalue weighted by molar-refractivity contribution is -0.138. The first kappa shape index (κ1) is 21.5. The fourth-order valence-electron chi connectivity index (χ4n) is 2.04. The van der Waals surface area contributed by atoms with Crippen LogP contribution >= 0.6 is 39.9 Å². The molecule has 0 saturated carbocycles. The van der Waals surface area contributed by atoms with Crippen LogP contribution in [0.25, 0.3) is 0 Å². The lowest BCUT2D eigenvalue weighted by atomic mass is 9.90. The van der Waals surface area contributed by atoms with Crippen molar-refractivity contribution >= 4 is 45.8 Å². The van der Waals surface area contributed by atoms with Gasteiger partial charge in [-0.3, -0.25) is 5.41 Å². The minimum absolute atomic E-state index is 0. The molecule has 1 aromatic carbocycles. The summed E-state index contributed by atoms with van der Waals surface area (Å²) in [5.74, 6) is -0.572. The van der Waals surface area contributed by atoms with E-state index < -0.39 is 17.7 Å². The Morgan fingerprint density at radius 1 is 1.41 bits per heavy atom. The second kappa shape index (κ2) is 9.63. The highest BCUT2D eigenvalue weighted by Crippen LogP contribution is 2.38. The Kier molecular flexibility index (Phi) is 9.43. The van der Waals surface area contributed by atoms with Gasteiger partial charge in [-0.25, -0.2) is 0 Å². The molecule has 0 spiro atoms. The molecule has 1 N–H and O–H groups in total. The lowest BCUT2D eigenvalue weighted by Gasteiger charge is -2.22. The summed E-state index contributed by atoms with van der Waals surface area (Å²) in [5.41, 5.74) is -0.699. The Morgan fingerprint density at radius 2 is 2.05 bits per heavy atom. The standard InChI is InChI=1S/C14H16BrClF3NO.ClH/c1-2-21-13(20)11(4-3-7-16)10-6-5-9(15)8-12(10)14(17,18)19;/h5-6,8,11,20H,2-4,7H2,1H3;1H. The van der Waals surface area contributed by atoms with Crippen LogP contribution < -0.4 is 0 Å². The molecule has 0 aliphatic rings. The van der Waals surface area contributed by atoms with Crippen molar-refractivity contribution in [1.82, 2.24) is 0 Å². The molecule has 0 heterocycles. The SMILES string of the molecule is CCOC(=N)C(CCCCl)c1ccc(Br)cc1C(F)(F)F.Cl. The maximum Gasteiger partial charge on any atom is 0.416 e. The van der Waals surface area contributed by atoms with Crippen molar-refractivity contribution in [3.63, 3.8) is 0 Å². The second-order valence-electron chi connectivity index (χ2n) is 4.41. The Morgan fingerprint density at radius 3 is 2.55 bits per heavy atom. The topological polar surface area (TPSA) is 33.1 Å². The number of ether oxygens (including phenoxy) is 1. The third-order valence-corrected chi connectivity index (χ3v) is 3.70. The minimum Gasteiger partial charge on any atom is -0.481 e. The fourth-order valence-corrected chi connectivity index (χ4v) is 2.56. The Balaban J connectivity index is 0.00000441. The molecule has 1 aromatic rings. The van der Waals surface area contributed by atoms with Gasteiger partial charge in [0.1, 0.15) is 0 Å². The van der Waals surface area contributed by atoms with Crippen molar-refractivity contribution in [3.8, 4) is 0 Å². The molecular formula is C14H17BrCl2F3NO. The average Bonchev–Trinajstić information content (AvgIpc) is 2.39. The van der Waals surface area contributed by atoms with Gasteiger partial charge in [0.15, 0.2) is 5.90 Å². The number of rotatable bonds is 6. The van der Waals surface area contributed by atoms with Gasteiger partial charge in [-0.2, -0.15) is 13.2 Å². The van der Waals surface area contributed by atoms with Crippen molar-refractivity contribution in [2.24, 2.45) is 0 Å². The number of hydrogen-bond donors (Lipinski definition) is 1. The third kappa shape index (κ3) is 5.97. The Hall–Kier alpha value is -0.460. The first-order chi connectivity index (χ1) is 9.81. The molecule has 0 aliphatic carbocycles. The zero-order valence-electron chi connectivity index (χ0n) is 11.8. The third-order valence-electron chi connectivity index (χ3n) is 2.94. The van der Waals surface area contributed by atoms with Crippen molar-refractivity contribution < 1.29 is 17.9 Å². The molecule has 1 rings (SSSR count). The van der Waals surface area contributed by atoms with E-state index in [9.17, 15) is 13.2 Å². The summed E-state index contributed by atoms with van der Waals surface area (Å²) in [5, 5.41) is 7.87. The van der Waals surface area contributed by atoms with E-state index in [1.165, 1.54) is 12.1 Å². The molecule has 1 atom stereocenters. The quantitative estimate of drug-likeness (QED) is 0.340. The van der Waals surface area contributed by atoms with Gasteiger partial charge in [0, 0.05) is 10.4 Å². The molecule has 0 saturated heterocycles. The maximum atomic E-state index is 13.2. The highest BCUT2D eigenvalue weighted by Gasteiger charge is 2.36. The highest BCUT2D eigenvalue weighted by atomic mass is 79.9. The Bertz CT molecular complexity index is 497. The van der Waals surface area contributed by atoms with Crippen LogP contribution in [-0.2, 0) is 10.9 Å². The normalized spacial score (nSPS) is 12.5. The molecule has 22 heavy (non-hydrogen) atoms. The van der Waals surface area contributed by atoms with Gasteiger partial charge in [-0.15, -0.1) is 24.0 Å². The second-order valence-corrected chi connectivity index (χ2v) is 5.70. The summed E-state index contributed by atoms with van der Waals surface area (Å²) >= 11 is 8.68. The number of benzene rings is 1. The summed E-state index contributed by atoms with van der Waals surface area (Å²) in [7, 11) is 0. The summed E-state index contributed by atoms with van der Waals surface area (Å²) in [6.45, 7) is 1.94. The van der Waals surface area contributed by atoms with Crippen LogP contribution in [0.4, 0.5) is 13.2 Å². The summed E-state index contributed by atoms with van der Waals surface area (Å²) in [4.78, 5) is 0. The first-order valence-corrected chi connectivity index (χ1v) is 7.77. The van der Waals surface area contributed by atoms with Crippen LogP contribution in [0.3, 0.4) is 0 Å². The fraction of sp³-hybridized carbons (Fsp3) is 0.500. The van der Waals surface area contributed by atoms with E-state index in [0.29, 0.717) is 23.2 Å². The van der Waals surface area contributed by atoms with Crippen molar-refractivity contribution in [2.75, 3.05) is 12.5 Å². The molecule has 2 nitrogen and oxygen atoms in total. The minimum atomic E-state index is -4.48. The molecule has 8 heteroatoms. The zero-order valence-corrected chi connectivity index (χ0v) is 15.0. The predicted molar refractivity (Wildman–Crippen MR) is 88.4 cm³/mol. The van der Waals surface area contributed by atoms with Crippen LogP contribution in [0, 0.1) is 5.41 Å². The van der Waals surface area contributed by atoms with Crippen molar-refractivity contribution in [2.45, 2.75) is 31.9 Å². The van der Waals surface area contributed by atoms with E-state index in [2.05, 4.69) is 15.9 Å². The van der Waals surface area contributed by atoms with Crippen LogP contribution in [0.15, 0.2) is 22.7 Å². The summed E-state index contributed by atoms with van der Waals surface area (Å²) in [6, 6.07) is 3.96. The number of hydrogen-bond acceptors (Lipinski definition) is 2. The molecule has 0 amide bonds. The van der Waals surface area contributed by atoms with E-state index in [1.54, 1.807) is 6.92 Å². The highest BCUT2D eigenvalue weighted by molar-refractivity contribution is 9.10. The van der Waals surface area contributed by atoms with E-state index in [4.69, 9.17) is 21.7 Å². The molecule has 126 valence electrons. The smallest absolute Gasteiger partial charge is 0.416 e. The summed E-state index contributed by atoms with van der Waals surface area (Å²) < 4.78 is 45.1. The summed E-state index contributed by atoms with van der Waals surface area (Å²) in [6.07, 6.45) is -3.63. The van der Waals surface area contributed by atoms with Gasteiger partial charge in [-0.05, 0) is 37.5 Å². The molecule has 0 fully saturated rings. The Labute approximate surface area is 147 Å². The monoisotopic (exact) mass is 421 g/mol. The van der Waals surface area contributed by atoms with Gasteiger partial charge in [0.25, 0.3) is 0 Å². The van der Waals surface area contributed by atoms with Gasteiger partial charge in [0.2, 0.25) is 0 Å². The lowest BCUT2D eigenvalue weighted by Crippen LogP contribution is -2.20.